The van der Waals surface area contributed by atoms with Crippen molar-refractivity contribution in [3.05, 3.63) is 41.9 Å². The van der Waals surface area contributed by atoms with E-state index in [0.29, 0.717) is 5.82 Å². The molecule has 2 heterocycles. The molecule has 0 aliphatic rings. The molecular weight excluding hydrogens is 164 g/mol. The summed E-state index contributed by atoms with van der Waals surface area (Å²) >= 11 is 0. The summed E-state index contributed by atoms with van der Waals surface area (Å²) in [4.78, 5) is 3.94. The van der Waals surface area contributed by atoms with Crippen molar-refractivity contribution in [2.24, 2.45) is 0 Å². The summed E-state index contributed by atoms with van der Waals surface area (Å²) in [6.07, 6.45) is 6.08. The summed E-state index contributed by atoms with van der Waals surface area (Å²) in [7, 11) is 0. The number of nitrogens with two attached hydrogens (primary N) is 1. The van der Waals surface area contributed by atoms with Gasteiger partial charge in [-0.2, -0.15) is 5.10 Å². The average molecular weight is 174 g/mol. The third kappa shape index (κ3) is 1.66. The summed E-state index contributed by atoms with van der Waals surface area (Å²) in [5, 5.41) is 6.55. The normalized spacial score (nSPS) is 10.2. The van der Waals surface area contributed by atoms with Crippen LogP contribution in [-0.2, 0) is 6.42 Å². The topological polar surface area (TPSA) is 67.6 Å². The fourth-order valence-electron chi connectivity index (χ4n) is 1.18. The van der Waals surface area contributed by atoms with Gasteiger partial charge in [-0.25, -0.2) is 0 Å². The Balaban J connectivity index is 2.20. The summed E-state index contributed by atoms with van der Waals surface area (Å²) in [6.45, 7) is 0. The van der Waals surface area contributed by atoms with Crippen LogP contribution in [0.5, 0.6) is 0 Å². The molecule has 0 amide bonds. The highest BCUT2D eigenvalue weighted by Gasteiger charge is 2.01. The van der Waals surface area contributed by atoms with Gasteiger partial charge in [-0.1, -0.05) is 0 Å². The fourth-order valence-corrected chi connectivity index (χ4v) is 1.18. The molecule has 66 valence electrons. The van der Waals surface area contributed by atoms with Crippen molar-refractivity contribution in [2.45, 2.75) is 6.42 Å². The Morgan fingerprint density at radius 3 is 2.69 bits per heavy atom. The Labute approximate surface area is 75.8 Å². The highest BCUT2D eigenvalue weighted by atomic mass is 15.1. The maximum absolute atomic E-state index is 5.65. The maximum atomic E-state index is 5.65. The van der Waals surface area contributed by atoms with Crippen LogP contribution in [0.2, 0.25) is 0 Å². The second-order valence-electron chi connectivity index (χ2n) is 2.84. The molecule has 0 fully saturated rings. The van der Waals surface area contributed by atoms with Gasteiger partial charge < -0.3 is 5.73 Å². The van der Waals surface area contributed by atoms with Gasteiger partial charge in [0.1, 0.15) is 5.82 Å². The number of hydrogen-bond donors (Lipinski definition) is 2. The molecule has 0 spiro atoms. The van der Waals surface area contributed by atoms with E-state index in [9.17, 15) is 0 Å². The number of rotatable bonds is 2. The third-order valence-electron chi connectivity index (χ3n) is 1.90. The van der Waals surface area contributed by atoms with E-state index in [1.165, 1.54) is 5.56 Å². The van der Waals surface area contributed by atoms with Gasteiger partial charge in [0, 0.05) is 24.4 Å². The van der Waals surface area contributed by atoms with Crippen LogP contribution in [0.3, 0.4) is 0 Å². The van der Waals surface area contributed by atoms with Crippen LogP contribution in [0, 0.1) is 0 Å². The summed E-state index contributed by atoms with van der Waals surface area (Å²) in [5.41, 5.74) is 7.86. The zero-order valence-corrected chi connectivity index (χ0v) is 7.07. The lowest BCUT2D eigenvalue weighted by molar-refractivity contribution is 1.10. The number of aromatic amines is 1. The number of hydrogen-bond acceptors (Lipinski definition) is 3. The number of H-pyrrole nitrogens is 1. The number of anilines is 1. The minimum absolute atomic E-state index is 0.636. The zero-order valence-electron chi connectivity index (χ0n) is 7.07. The molecule has 2 aromatic rings. The Hall–Kier alpha value is -1.84. The average Bonchev–Trinajstić information content (AvgIpc) is 2.54. The van der Waals surface area contributed by atoms with E-state index in [2.05, 4.69) is 15.2 Å². The van der Waals surface area contributed by atoms with Crippen LogP contribution in [-0.4, -0.2) is 15.2 Å². The molecule has 0 aliphatic carbocycles. The molecule has 3 N–H and O–H groups in total. The van der Waals surface area contributed by atoms with E-state index >= 15 is 0 Å². The molecule has 0 radical (unpaired) electrons. The van der Waals surface area contributed by atoms with Crippen LogP contribution < -0.4 is 5.73 Å². The van der Waals surface area contributed by atoms with E-state index in [4.69, 9.17) is 5.73 Å². The van der Waals surface area contributed by atoms with E-state index in [1.807, 2.05) is 12.1 Å². The van der Waals surface area contributed by atoms with E-state index < -0.39 is 0 Å². The molecule has 4 nitrogen and oxygen atoms in total. The van der Waals surface area contributed by atoms with Crippen LogP contribution in [0.4, 0.5) is 5.82 Å². The number of nitrogens with one attached hydrogen (secondary N) is 1. The van der Waals surface area contributed by atoms with Crippen molar-refractivity contribution >= 4 is 5.82 Å². The largest absolute Gasteiger partial charge is 0.384 e. The molecule has 0 unspecified atom stereocenters. The van der Waals surface area contributed by atoms with Crippen molar-refractivity contribution in [3.8, 4) is 0 Å². The lowest BCUT2D eigenvalue weighted by atomic mass is 10.1. The molecule has 0 bridgehead atoms. The number of nitrogens with zero attached hydrogens (tertiary/aromatic N) is 2. The second-order valence-corrected chi connectivity index (χ2v) is 2.84. The monoisotopic (exact) mass is 174 g/mol. The summed E-state index contributed by atoms with van der Waals surface area (Å²) < 4.78 is 0. The first-order chi connectivity index (χ1) is 6.36. The molecular formula is C9H10N4. The molecule has 0 aromatic carbocycles. The van der Waals surface area contributed by atoms with Crippen LogP contribution in [0.25, 0.3) is 0 Å². The number of pyridine rings is 1. The number of nitrogen functional groups attached to an aromatic ring is 1. The highest BCUT2D eigenvalue weighted by molar-refractivity contribution is 5.39. The third-order valence-corrected chi connectivity index (χ3v) is 1.90. The molecule has 0 saturated heterocycles. The van der Waals surface area contributed by atoms with Crippen molar-refractivity contribution in [1.82, 2.24) is 15.2 Å². The van der Waals surface area contributed by atoms with E-state index in [0.717, 1.165) is 12.0 Å². The lowest BCUT2D eigenvalue weighted by Crippen LogP contribution is -1.93. The SMILES string of the molecule is Nc1[nH]ncc1Cc1ccncc1. The Kier molecular flexibility index (Phi) is 1.96. The first-order valence-electron chi connectivity index (χ1n) is 4.03. The van der Waals surface area contributed by atoms with Gasteiger partial charge in [-0.3, -0.25) is 10.1 Å². The lowest BCUT2D eigenvalue weighted by Gasteiger charge is -1.97. The van der Waals surface area contributed by atoms with E-state index in [1.54, 1.807) is 18.6 Å². The van der Waals surface area contributed by atoms with Crippen LogP contribution in [0.15, 0.2) is 30.7 Å². The molecule has 2 rings (SSSR count). The molecule has 2 aromatic heterocycles. The van der Waals surface area contributed by atoms with Gasteiger partial charge in [-0.05, 0) is 17.7 Å². The number of aromatic nitrogens is 3. The molecule has 0 atom stereocenters. The Morgan fingerprint density at radius 2 is 2.08 bits per heavy atom. The molecule has 0 aliphatic heterocycles. The van der Waals surface area contributed by atoms with Crippen molar-refractivity contribution in [1.29, 1.82) is 0 Å². The summed E-state index contributed by atoms with van der Waals surface area (Å²) in [5.74, 6) is 0.636. The zero-order chi connectivity index (χ0) is 9.10. The molecule has 4 heteroatoms. The van der Waals surface area contributed by atoms with Crippen molar-refractivity contribution < 1.29 is 0 Å². The van der Waals surface area contributed by atoms with Crippen molar-refractivity contribution in [2.75, 3.05) is 5.73 Å². The van der Waals surface area contributed by atoms with Gasteiger partial charge >= 0.3 is 0 Å². The predicted molar refractivity (Wildman–Crippen MR) is 50.0 cm³/mol. The highest BCUT2D eigenvalue weighted by Crippen LogP contribution is 2.11. The van der Waals surface area contributed by atoms with Gasteiger partial charge in [0.05, 0.1) is 6.20 Å². The minimum atomic E-state index is 0.636. The van der Waals surface area contributed by atoms with Crippen LogP contribution >= 0.6 is 0 Å². The van der Waals surface area contributed by atoms with Gasteiger partial charge in [-0.15, -0.1) is 0 Å². The smallest absolute Gasteiger partial charge is 0.122 e. The minimum Gasteiger partial charge on any atom is -0.384 e. The fraction of sp³-hybridized carbons (Fsp3) is 0.111. The molecule has 13 heavy (non-hydrogen) atoms. The maximum Gasteiger partial charge on any atom is 0.122 e. The quantitative estimate of drug-likeness (QED) is 0.713. The van der Waals surface area contributed by atoms with E-state index in [-0.39, 0.29) is 0 Å². The van der Waals surface area contributed by atoms with Gasteiger partial charge in [0.15, 0.2) is 0 Å². The van der Waals surface area contributed by atoms with Crippen molar-refractivity contribution in [3.63, 3.8) is 0 Å². The first kappa shape index (κ1) is 7.79. The Morgan fingerprint density at radius 1 is 1.31 bits per heavy atom. The molecule has 0 saturated carbocycles. The standard InChI is InChI=1S/C9H10N4/c10-9-8(6-12-13-9)5-7-1-3-11-4-2-7/h1-4,6H,5H2,(H3,10,12,13). The second kappa shape index (κ2) is 3.26. The first-order valence-corrected chi connectivity index (χ1v) is 4.03. The van der Waals surface area contributed by atoms with Crippen LogP contribution in [0.1, 0.15) is 11.1 Å². The predicted octanol–water partition coefficient (Wildman–Crippen LogP) is 0.978. The van der Waals surface area contributed by atoms with Gasteiger partial charge in [0.2, 0.25) is 0 Å². The summed E-state index contributed by atoms with van der Waals surface area (Å²) in [6, 6.07) is 3.93. The Bertz CT molecular complexity index is 380. The van der Waals surface area contributed by atoms with Gasteiger partial charge in [0.25, 0.3) is 0 Å².